The van der Waals surface area contributed by atoms with Gasteiger partial charge in [-0.05, 0) is 6.92 Å². The predicted molar refractivity (Wildman–Crippen MR) is 54.3 cm³/mol. The Morgan fingerprint density at radius 2 is 1.50 bits per heavy atom. The van der Waals surface area contributed by atoms with Crippen LogP contribution in [-0.4, -0.2) is 12.2 Å². The van der Waals surface area contributed by atoms with Crippen LogP contribution in [0.5, 0.6) is 0 Å². The molecule has 0 atom stereocenters. The van der Waals surface area contributed by atoms with E-state index in [4.69, 9.17) is 0 Å². The number of rotatable bonds is 1. The van der Waals surface area contributed by atoms with E-state index >= 15 is 0 Å². The lowest BCUT2D eigenvalue weighted by molar-refractivity contribution is -0.313. The van der Waals surface area contributed by atoms with Crippen molar-refractivity contribution in [3.63, 3.8) is 0 Å². The van der Waals surface area contributed by atoms with Gasteiger partial charge in [-0.25, -0.2) is 4.74 Å². The van der Waals surface area contributed by atoms with Gasteiger partial charge in [0.05, 0.1) is 11.1 Å². The first kappa shape index (κ1) is 14.6. The Labute approximate surface area is 91.4 Å². The molecule has 1 fully saturated rings. The molecule has 1 nitrogen and oxygen atoms in total. The van der Waals surface area contributed by atoms with Crippen LogP contribution < -0.4 is 0 Å². The molecule has 0 radical (unpaired) electrons. The first-order chi connectivity index (χ1) is 7.35. The molecule has 16 heavy (non-hydrogen) atoms. The van der Waals surface area contributed by atoms with E-state index in [2.05, 4.69) is 24.5 Å². The SMILES string of the molecule is C=C.C=C/C=C1\C(=C/C)C(F)(F)OC1(F)F. The molecule has 0 spiro atoms. The number of halogens is 4. The molecule has 0 aromatic carbocycles. The van der Waals surface area contributed by atoms with E-state index in [1.165, 1.54) is 6.92 Å². The molecule has 0 aromatic rings. The number of ether oxygens (including phenoxy) is 1. The molecule has 5 heteroatoms. The van der Waals surface area contributed by atoms with Gasteiger partial charge in [0.15, 0.2) is 0 Å². The van der Waals surface area contributed by atoms with Crippen molar-refractivity contribution < 1.29 is 22.3 Å². The topological polar surface area (TPSA) is 9.23 Å². The quantitative estimate of drug-likeness (QED) is 0.492. The number of alkyl halides is 4. The van der Waals surface area contributed by atoms with Crippen molar-refractivity contribution in [2.24, 2.45) is 0 Å². The summed E-state index contributed by atoms with van der Waals surface area (Å²) in [5, 5.41) is 0. The zero-order valence-electron chi connectivity index (χ0n) is 8.77. The summed E-state index contributed by atoms with van der Waals surface area (Å²) in [4.78, 5) is 0. The molecule has 1 saturated heterocycles. The van der Waals surface area contributed by atoms with Gasteiger partial charge in [0.2, 0.25) is 0 Å². The monoisotopic (exact) mass is 236 g/mol. The van der Waals surface area contributed by atoms with E-state index < -0.39 is 23.4 Å². The molecule has 1 heterocycles. The Balaban J connectivity index is 0.00000106. The summed E-state index contributed by atoms with van der Waals surface area (Å²) in [7, 11) is 0. The van der Waals surface area contributed by atoms with E-state index in [-0.39, 0.29) is 0 Å². The van der Waals surface area contributed by atoms with Crippen molar-refractivity contribution in [1.29, 1.82) is 0 Å². The van der Waals surface area contributed by atoms with Crippen LogP contribution in [0.15, 0.2) is 49.1 Å². The van der Waals surface area contributed by atoms with E-state index in [0.717, 1.165) is 18.2 Å². The van der Waals surface area contributed by atoms with Gasteiger partial charge in [0.25, 0.3) is 0 Å². The minimum Gasteiger partial charge on any atom is -0.247 e. The van der Waals surface area contributed by atoms with E-state index in [1.54, 1.807) is 0 Å². The Bertz CT molecular complexity index is 329. The molecule has 1 aliphatic heterocycles. The number of allylic oxidation sites excluding steroid dienone is 3. The third-order valence-electron chi connectivity index (χ3n) is 1.75. The average Bonchev–Trinajstić information content (AvgIpc) is 2.35. The van der Waals surface area contributed by atoms with Crippen LogP contribution in [0.3, 0.4) is 0 Å². The molecule has 90 valence electrons. The maximum absolute atomic E-state index is 12.9. The van der Waals surface area contributed by atoms with Crippen LogP contribution in [-0.2, 0) is 4.74 Å². The first-order valence-electron chi connectivity index (χ1n) is 4.31. The van der Waals surface area contributed by atoms with Gasteiger partial charge in [0.1, 0.15) is 0 Å². The molecular weight excluding hydrogens is 224 g/mol. The Hall–Kier alpha value is -1.36. The normalized spacial score (nSPS) is 26.3. The highest BCUT2D eigenvalue weighted by Crippen LogP contribution is 2.49. The van der Waals surface area contributed by atoms with Gasteiger partial charge in [-0.3, -0.25) is 0 Å². The lowest BCUT2D eigenvalue weighted by atomic mass is 10.1. The van der Waals surface area contributed by atoms with E-state index in [9.17, 15) is 17.6 Å². The molecule has 0 bridgehead atoms. The molecular formula is C11H12F4O. The highest BCUT2D eigenvalue weighted by Gasteiger charge is 2.59. The second-order valence-electron chi connectivity index (χ2n) is 2.65. The molecule has 0 aromatic heterocycles. The average molecular weight is 236 g/mol. The first-order valence-corrected chi connectivity index (χ1v) is 4.31. The van der Waals surface area contributed by atoms with Gasteiger partial charge >= 0.3 is 12.2 Å². The summed E-state index contributed by atoms with van der Waals surface area (Å²) < 4.78 is 54.8. The highest BCUT2D eigenvalue weighted by atomic mass is 19.3. The van der Waals surface area contributed by atoms with Crippen LogP contribution in [0.4, 0.5) is 17.6 Å². The van der Waals surface area contributed by atoms with Crippen molar-refractivity contribution in [3.05, 3.63) is 49.1 Å². The van der Waals surface area contributed by atoms with Gasteiger partial charge in [-0.2, -0.15) is 17.6 Å². The van der Waals surface area contributed by atoms with Gasteiger partial charge in [-0.15, -0.1) is 13.2 Å². The fourth-order valence-electron chi connectivity index (χ4n) is 1.21. The molecule has 0 amide bonds. The van der Waals surface area contributed by atoms with E-state index in [0.29, 0.717) is 0 Å². The van der Waals surface area contributed by atoms with Gasteiger partial charge in [0, 0.05) is 0 Å². The van der Waals surface area contributed by atoms with Crippen molar-refractivity contribution in [1.82, 2.24) is 0 Å². The molecule has 0 saturated carbocycles. The Morgan fingerprint density at radius 3 is 1.88 bits per heavy atom. The van der Waals surface area contributed by atoms with Gasteiger partial charge in [-0.1, -0.05) is 24.8 Å². The maximum Gasteiger partial charge on any atom is 0.388 e. The molecule has 0 aliphatic carbocycles. The summed E-state index contributed by atoms with van der Waals surface area (Å²) in [6.45, 7) is 10.4. The lowest BCUT2D eigenvalue weighted by Crippen LogP contribution is -2.21. The predicted octanol–water partition coefficient (Wildman–Crippen LogP) is 4.06. The van der Waals surface area contributed by atoms with Crippen LogP contribution in [0.1, 0.15) is 6.92 Å². The Morgan fingerprint density at radius 1 is 1.06 bits per heavy atom. The molecule has 0 unspecified atom stereocenters. The third kappa shape index (κ3) is 2.61. The largest absolute Gasteiger partial charge is 0.388 e. The fourth-order valence-corrected chi connectivity index (χ4v) is 1.21. The second kappa shape index (κ2) is 5.12. The second-order valence-corrected chi connectivity index (χ2v) is 2.65. The minimum atomic E-state index is -3.96. The van der Waals surface area contributed by atoms with E-state index in [1.807, 2.05) is 0 Å². The summed E-state index contributed by atoms with van der Waals surface area (Å²) in [5.74, 6) is 0. The van der Waals surface area contributed by atoms with Crippen LogP contribution in [0, 0.1) is 0 Å². The van der Waals surface area contributed by atoms with Crippen molar-refractivity contribution in [2.75, 3.05) is 0 Å². The molecule has 0 N–H and O–H groups in total. The standard InChI is InChI=1S/C9H8F4O.C2H4/c1-3-5-7-6(4-2)8(10,11)14-9(7,12)13;1-2/h3-5H,1H2,2H3;1-2H2/b6-4+,7-5+;. The third-order valence-corrected chi connectivity index (χ3v) is 1.75. The van der Waals surface area contributed by atoms with Crippen LogP contribution >= 0.6 is 0 Å². The smallest absolute Gasteiger partial charge is 0.247 e. The zero-order valence-corrected chi connectivity index (χ0v) is 8.77. The van der Waals surface area contributed by atoms with Crippen LogP contribution in [0.25, 0.3) is 0 Å². The lowest BCUT2D eigenvalue weighted by Gasteiger charge is -2.09. The highest BCUT2D eigenvalue weighted by molar-refractivity contribution is 5.43. The van der Waals surface area contributed by atoms with Crippen molar-refractivity contribution in [3.8, 4) is 0 Å². The number of hydrogen-bond donors (Lipinski definition) is 0. The maximum atomic E-state index is 12.9. The zero-order chi connectivity index (χ0) is 13.0. The summed E-state index contributed by atoms with van der Waals surface area (Å²) in [5.41, 5.74) is -1.66. The summed E-state index contributed by atoms with van der Waals surface area (Å²) >= 11 is 0. The summed E-state index contributed by atoms with van der Waals surface area (Å²) in [6.07, 6.45) is -5.17. The van der Waals surface area contributed by atoms with Crippen molar-refractivity contribution >= 4 is 0 Å². The number of hydrogen-bond acceptors (Lipinski definition) is 1. The van der Waals surface area contributed by atoms with Crippen molar-refractivity contribution in [2.45, 2.75) is 19.1 Å². The van der Waals surface area contributed by atoms with Crippen LogP contribution in [0.2, 0.25) is 0 Å². The minimum absolute atomic E-state index is 0.816. The molecule has 1 rings (SSSR count). The summed E-state index contributed by atoms with van der Waals surface area (Å²) in [6, 6.07) is 0. The van der Waals surface area contributed by atoms with Gasteiger partial charge < -0.3 is 0 Å². The molecule has 1 aliphatic rings. The fraction of sp³-hybridized carbons (Fsp3) is 0.273. The Kier molecular flexibility index (Phi) is 4.68.